The molecule has 4 N–H and O–H groups in total. The molecule has 2 rings (SSSR count). The molecule has 0 aliphatic carbocycles. The molecular weight excluding hydrogens is 324 g/mol. The second kappa shape index (κ2) is 8.67. The van der Waals surface area contributed by atoms with Crippen molar-refractivity contribution in [3.8, 4) is 0 Å². The summed E-state index contributed by atoms with van der Waals surface area (Å²) >= 11 is 0. The third-order valence-electron chi connectivity index (χ3n) is 3.26. The number of alkyl carbamates (subject to hydrolysis) is 1. The summed E-state index contributed by atoms with van der Waals surface area (Å²) in [6.45, 7) is 4.62. The first kappa shape index (κ1) is 18.2. The predicted octanol–water partition coefficient (Wildman–Crippen LogP) is 1.64. The quantitative estimate of drug-likeness (QED) is 0.566. The second-order valence-corrected chi connectivity index (χ2v) is 5.50. The normalized spacial score (nSPS) is 10.2. The lowest BCUT2D eigenvalue weighted by Gasteiger charge is -2.09. The number of nitrogens with zero attached hydrogens (tertiary/aromatic N) is 2. The Balaban J connectivity index is 1.89. The van der Waals surface area contributed by atoms with Gasteiger partial charge in [0.05, 0.1) is 7.11 Å². The molecule has 0 bridgehead atoms. The van der Waals surface area contributed by atoms with Crippen molar-refractivity contribution in [1.29, 1.82) is 0 Å². The minimum Gasteiger partial charge on any atom is -0.453 e. The number of ether oxygens (including phenoxy) is 1. The number of rotatable bonds is 7. The summed E-state index contributed by atoms with van der Waals surface area (Å²) in [4.78, 5) is 27.4. The zero-order valence-corrected chi connectivity index (χ0v) is 14.5. The highest BCUT2D eigenvalue weighted by atomic mass is 16.5. The van der Waals surface area contributed by atoms with Crippen LogP contribution < -0.4 is 16.0 Å². The van der Waals surface area contributed by atoms with E-state index >= 15 is 0 Å². The van der Waals surface area contributed by atoms with E-state index in [1.54, 1.807) is 6.07 Å². The molecule has 0 unspecified atom stereocenters. The van der Waals surface area contributed by atoms with Crippen LogP contribution in [0.5, 0.6) is 0 Å². The maximum Gasteiger partial charge on any atom is 0.406 e. The number of nitrogens with one attached hydrogen (secondary N) is 4. The average molecular weight is 346 g/mol. The third kappa shape index (κ3) is 5.79. The Morgan fingerprint density at radius 2 is 1.88 bits per heavy atom. The number of methoxy groups -OCH3 is 1. The van der Waals surface area contributed by atoms with Crippen molar-refractivity contribution < 1.29 is 14.3 Å². The number of aromatic amines is 1. The number of H-pyrrole nitrogens is 1. The molecule has 9 heteroatoms. The number of hydrogen-bond donors (Lipinski definition) is 4. The van der Waals surface area contributed by atoms with Gasteiger partial charge in [0.15, 0.2) is 5.82 Å². The van der Waals surface area contributed by atoms with Crippen molar-refractivity contribution in [1.82, 2.24) is 25.8 Å². The number of amides is 2. The number of anilines is 2. The van der Waals surface area contributed by atoms with Gasteiger partial charge in [-0.2, -0.15) is 5.10 Å². The van der Waals surface area contributed by atoms with E-state index in [0.717, 1.165) is 11.3 Å². The summed E-state index contributed by atoms with van der Waals surface area (Å²) in [7, 11) is 1.30. The first-order valence-electron chi connectivity index (χ1n) is 7.85. The molecule has 0 fully saturated rings. The van der Waals surface area contributed by atoms with Gasteiger partial charge in [-0.05, 0) is 38.0 Å². The molecule has 0 atom stereocenters. The van der Waals surface area contributed by atoms with Crippen LogP contribution in [0.3, 0.4) is 0 Å². The van der Waals surface area contributed by atoms with E-state index in [2.05, 4.69) is 35.9 Å². The molecule has 0 aliphatic rings. The van der Waals surface area contributed by atoms with Crippen LogP contribution in [-0.4, -0.2) is 47.4 Å². The monoisotopic (exact) mass is 346 g/mol. The molecule has 2 heterocycles. The predicted molar refractivity (Wildman–Crippen MR) is 92.9 cm³/mol. The Labute approximate surface area is 145 Å². The zero-order valence-electron chi connectivity index (χ0n) is 14.5. The molecule has 25 heavy (non-hydrogen) atoms. The Bertz CT molecular complexity index is 743. The summed E-state index contributed by atoms with van der Waals surface area (Å²) in [5.41, 5.74) is 2.15. The van der Waals surface area contributed by atoms with Crippen LogP contribution in [0.1, 0.15) is 28.2 Å². The summed E-state index contributed by atoms with van der Waals surface area (Å²) in [6.07, 6.45) is 0.0978. The van der Waals surface area contributed by atoms with E-state index in [0.29, 0.717) is 36.8 Å². The zero-order chi connectivity index (χ0) is 18.2. The van der Waals surface area contributed by atoms with Gasteiger partial charge < -0.3 is 20.7 Å². The summed E-state index contributed by atoms with van der Waals surface area (Å²) in [6, 6.07) is 5.39. The Kier molecular flexibility index (Phi) is 6.33. The van der Waals surface area contributed by atoms with Gasteiger partial charge in [0.1, 0.15) is 11.5 Å². The molecule has 0 saturated heterocycles. The summed E-state index contributed by atoms with van der Waals surface area (Å²) in [5, 5.41) is 15.3. The van der Waals surface area contributed by atoms with Crippen molar-refractivity contribution in [2.75, 3.05) is 25.5 Å². The van der Waals surface area contributed by atoms with E-state index in [9.17, 15) is 9.59 Å². The highest BCUT2D eigenvalue weighted by Gasteiger charge is 2.10. The van der Waals surface area contributed by atoms with E-state index < -0.39 is 6.09 Å². The molecule has 0 radical (unpaired) electrons. The Morgan fingerprint density at radius 1 is 1.12 bits per heavy atom. The van der Waals surface area contributed by atoms with Crippen molar-refractivity contribution >= 4 is 23.6 Å². The SMILES string of the molecule is COC(=O)NCCCNC(=O)c1cc(C)cc(Nc2cc(C)[nH]n2)n1. The lowest BCUT2D eigenvalue weighted by Crippen LogP contribution is -2.30. The molecule has 0 aromatic carbocycles. The summed E-state index contributed by atoms with van der Waals surface area (Å²) < 4.78 is 4.46. The van der Waals surface area contributed by atoms with Crippen molar-refractivity contribution in [2.24, 2.45) is 0 Å². The van der Waals surface area contributed by atoms with E-state index in [4.69, 9.17) is 0 Å². The summed E-state index contributed by atoms with van der Waals surface area (Å²) in [5.74, 6) is 0.905. The maximum absolute atomic E-state index is 12.2. The molecule has 0 spiro atoms. The fourth-order valence-corrected chi connectivity index (χ4v) is 2.10. The van der Waals surface area contributed by atoms with E-state index in [-0.39, 0.29) is 5.91 Å². The number of aromatic nitrogens is 3. The Hall–Kier alpha value is -3.10. The van der Waals surface area contributed by atoms with Crippen LogP contribution in [0, 0.1) is 13.8 Å². The van der Waals surface area contributed by atoms with Crippen LogP contribution >= 0.6 is 0 Å². The molecule has 2 aromatic heterocycles. The molecule has 0 aliphatic heterocycles. The molecule has 9 nitrogen and oxygen atoms in total. The fraction of sp³-hybridized carbons (Fsp3) is 0.375. The van der Waals surface area contributed by atoms with Crippen molar-refractivity contribution in [3.05, 3.63) is 35.2 Å². The molecule has 2 amide bonds. The number of hydrogen-bond acceptors (Lipinski definition) is 6. The smallest absolute Gasteiger partial charge is 0.406 e. The van der Waals surface area contributed by atoms with Gasteiger partial charge >= 0.3 is 6.09 Å². The van der Waals surface area contributed by atoms with Crippen LogP contribution in [0.2, 0.25) is 0 Å². The van der Waals surface area contributed by atoms with Crippen LogP contribution in [0.25, 0.3) is 0 Å². The molecule has 134 valence electrons. The molecular formula is C16H22N6O3. The third-order valence-corrected chi connectivity index (χ3v) is 3.26. The standard InChI is InChI=1S/C16H22N6O3/c1-10-7-12(15(23)17-5-4-6-18-16(24)25-3)19-13(8-10)20-14-9-11(2)21-22-14/h7-9H,4-6H2,1-3H3,(H,17,23)(H,18,24)(H2,19,20,21,22). The number of carbonyl (C=O) groups excluding carboxylic acids is 2. The van der Waals surface area contributed by atoms with E-state index in [1.165, 1.54) is 7.11 Å². The molecule has 0 saturated carbocycles. The van der Waals surface area contributed by atoms with Gasteiger partial charge in [0.25, 0.3) is 5.91 Å². The van der Waals surface area contributed by atoms with Gasteiger partial charge in [-0.3, -0.25) is 9.89 Å². The van der Waals surface area contributed by atoms with Crippen LogP contribution in [0.4, 0.5) is 16.4 Å². The molecule has 2 aromatic rings. The highest BCUT2D eigenvalue weighted by molar-refractivity contribution is 5.92. The van der Waals surface area contributed by atoms with Gasteiger partial charge in [0.2, 0.25) is 0 Å². The number of aryl methyl sites for hydroxylation is 2. The lowest BCUT2D eigenvalue weighted by atomic mass is 10.2. The number of carbonyl (C=O) groups is 2. The second-order valence-electron chi connectivity index (χ2n) is 5.50. The number of pyridine rings is 1. The minimum atomic E-state index is -0.490. The van der Waals surface area contributed by atoms with Crippen LogP contribution in [0.15, 0.2) is 18.2 Å². The highest BCUT2D eigenvalue weighted by Crippen LogP contribution is 2.15. The maximum atomic E-state index is 12.2. The average Bonchev–Trinajstić information content (AvgIpc) is 2.98. The van der Waals surface area contributed by atoms with E-state index in [1.807, 2.05) is 26.0 Å². The first-order valence-corrected chi connectivity index (χ1v) is 7.85. The van der Waals surface area contributed by atoms with Gasteiger partial charge in [-0.1, -0.05) is 0 Å². The van der Waals surface area contributed by atoms with Crippen molar-refractivity contribution in [2.45, 2.75) is 20.3 Å². The fourth-order valence-electron chi connectivity index (χ4n) is 2.10. The topological polar surface area (TPSA) is 121 Å². The lowest BCUT2D eigenvalue weighted by molar-refractivity contribution is 0.0948. The van der Waals surface area contributed by atoms with Gasteiger partial charge in [0, 0.05) is 24.8 Å². The van der Waals surface area contributed by atoms with Crippen LogP contribution in [-0.2, 0) is 4.74 Å². The Morgan fingerprint density at radius 3 is 2.56 bits per heavy atom. The van der Waals surface area contributed by atoms with Crippen molar-refractivity contribution in [3.63, 3.8) is 0 Å². The minimum absolute atomic E-state index is 0.275. The van der Waals surface area contributed by atoms with Gasteiger partial charge in [-0.25, -0.2) is 9.78 Å². The first-order chi connectivity index (χ1) is 12.0. The van der Waals surface area contributed by atoms with Gasteiger partial charge in [-0.15, -0.1) is 0 Å². The largest absolute Gasteiger partial charge is 0.453 e.